The summed E-state index contributed by atoms with van der Waals surface area (Å²) in [7, 11) is 0. The lowest BCUT2D eigenvalue weighted by molar-refractivity contribution is -0.142. The average Bonchev–Trinajstić information content (AvgIpc) is 2.76. The molecule has 2 aromatic heterocycles. The van der Waals surface area contributed by atoms with Crippen LogP contribution in [0.25, 0.3) is 10.9 Å². The van der Waals surface area contributed by atoms with Gasteiger partial charge in [0.05, 0.1) is 29.5 Å². The van der Waals surface area contributed by atoms with Crippen molar-refractivity contribution < 1.29 is 27.5 Å². The van der Waals surface area contributed by atoms with Gasteiger partial charge in [-0.25, -0.2) is 14.4 Å². The molecular formula is C22H14F4N4O3. The Morgan fingerprint density at radius 1 is 1.06 bits per heavy atom. The fourth-order valence-electron chi connectivity index (χ4n) is 3.20. The highest BCUT2D eigenvalue weighted by Gasteiger charge is 2.36. The number of benzene rings is 2. The zero-order valence-corrected chi connectivity index (χ0v) is 16.6. The maximum atomic E-state index is 14.0. The molecule has 0 saturated heterocycles. The van der Waals surface area contributed by atoms with E-state index in [-0.39, 0.29) is 28.7 Å². The summed E-state index contributed by atoms with van der Waals surface area (Å²) in [5.74, 6) is -2.66. The highest BCUT2D eigenvalue weighted by atomic mass is 19.4. The van der Waals surface area contributed by atoms with Gasteiger partial charge in [0, 0.05) is 5.56 Å². The number of amides is 1. The van der Waals surface area contributed by atoms with Crippen LogP contribution in [-0.4, -0.2) is 25.5 Å². The van der Waals surface area contributed by atoms with Crippen LogP contribution in [0, 0.1) is 5.82 Å². The van der Waals surface area contributed by atoms with Crippen molar-refractivity contribution in [2.75, 3.05) is 5.32 Å². The summed E-state index contributed by atoms with van der Waals surface area (Å²) in [6.45, 7) is -0.120. The first-order chi connectivity index (χ1) is 15.6. The Balaban J connectivity index is 1.72. The fraction of sp³-hybridized carbons (Fsp3) is 0.0909. The smallest absolute Gasteiger partial charge is 0.437 e. The highest BCUT2D eigenvalue weighted by Crippen LogP contribution is 2.34. The van der Waals surface area contributed by atoms with Crippen LogP contribution < -0.4 is 10.9 Å². The minimum Gasteiger partial charge on any atom is -0.506 e. The SMILES string of the molecule is O=C(Nc1cccc2ncn(Cc3ccccc3F)c(=O)c12)c1ccc(O)c(C(F)(F)F)n1. The van der Waals surface area contributed by atoms with Crippen LogP contribution in [0.2, 0.25) is 0 Å². The molecule has 0 aliphatic carbocycles. The molecule has 4 rings (SSSR count). The van der Waals surface area contributed by atoms with Gasteiger partial charge in [-0.15, -0.1) is 0 Å². The van der Waals surface area contributed by atoms with Crippen LogP contribution in [0.3, 0.4) is 0 Å². The summed E-state index contributed by atoms with van der Waals surface area (Å²) in [6.07, 6.45) is -3.73. The third kappa shape index (κ3) is 4.38. The summed E-state index contributed by atoms with van der Waals surface area (Å²) in [5, 5.41) is 11.7. The maximum absolute atomic E-state index is 14.0. The van der Waals surface area contributed by atoms with Gasteiger partial charge in [0.25, 0.3) is 11.5 Å². The number of rotatable bonds is 4. The average molecular weight is 458 g/mol. The topological polar surface area (TPSA) is 97.1 Å². The molecule has 0 fully saturated rings. The Morgan fingerprint density at radius 2 is 1.82 bits per heavy atom. The molecule has 11 heteroatoms. The zero-order valence-electron chi connectivity index (χ0n) is 16.6. The minimum absolute atomic E-state index is 0.0127. The number of hydrogen-bond donors (Lipinski definition) is 2. The Hall–Kier alpha value is -4.28. The Morgan fingerprint density at radius 3 is 2.55 bits per heavy atom. The van der Waals surface area contributed by atoms with Crippen molar-refractivity contribution in [3.05, 3.63) is 94.0 Å². The van der Waals surface area contributed by atoms with Crippen LogP contribution in [0.5, 0.6) is 5.75 Å². The van der Waals surface area contributed by atoms with Crippen molar-refractivity contribution >= 4 is 22.5 Å². The van der Waals surface area contributed by atoms with Gasteiger partial charge in [-0.2, -0.15) is 13.2 Å². The zero-order chi connectivity index (χ0) is 23.8. The van der Waals surface area contributed by atoms with E-state index in [1.54, 1.807) is 6.07 Å². The third-order valence-electron chi connectivity index (χ3n) is 4.78. The molecule has 168 valence electrons. The van der Waals surface area contributed by atoms with Gasteiger partial charge in [-0.05, 0) is 30.3 Å². The lowest BCUT2D eigenvalue weighted by Crippen LogP contribution is -2.24. The molecule has 0 aliphatic heterocycles. The molecule has 0 aliphatic rings. The van der Waals surface area contributed by atoms with Crippen molar-refractivity contribution in [1.82, 2.24) is 14.5 Å². The first-order valence-electron chi connectivity index (χ1n) is 9.45. The van der Waals surface area contributed by atoms with E-state index in [1.165, 1.54) is 42.7 Å². The lowest BCUT2D eigenvalue weighted by atomic mass is 10.1. The van der Waals surface area contributed by atoms with E-state index in [0.717, 1.165) is 10.6 Å². The summed E-state index contributed by atoms with van der Waals surface area (Å²) >= 11 is 0. The van der Waals surface area contributed by atoms with Gasteiger partial charge in [-0.3, -0.25) is 14.2 Å². The molecule has 0 atom stereocenters. The molecule has 0 unspecified atom stereocenters. The fourth-order valence-corrected chi connectivity index (χ4v) is 3.20. The van der Waals surface area contributed by atoms with E-state index < -0.39 is 40.6 Å². The largest absolute Gasteiger partial charge is 0.506 e. The number of nitrogens with zero attached hydrogens (tertiary/aromatic N) is 3. The predicted octanol–water partition coefficient (Wildman–Crippen LogP) is 3.96. The van der Waals surface area contributed by atoms with E-state index >= 15 is 0 Å². The summed E-state index contributed by atoms with van der Waals surface area (Å²) in [5.41, 5.74) is -2.36. The molecule has 0 radical (unpaired) electrons. The van der Waals surface area contributed by atoms with Gasteiger partial charge in [-0.1, -0.05) is 24.3 Å². The van der Waals surface area contributed by atoms with Crippen LogP contribution in [0.4, 0.5) is 23.2 Å². The molecule has 7 nitrogen and oxygen atoms in total. The summed E-state index contributed by atoms with van der Waals surface area (Å²) in [4.78, 5) is 33.0. The van der Waals surface area contributed by atoms with Crippen LogP contribution in [-0.2, 0) is 12.7 Å². The standard InChI is InChI=1S/C22H14F4N4O3/c23-13-5-2-1-4-12(13)10-30-11-27-14-6-3-7-15(18(14)21(30)33)29-20(32)16-8-9-17(31)19(28-16)22(24,25)26/h1-9,11,31H,10H2,(H,29,32). The van der Waals surface area contributed by atoms with E-state index in [4.69, 9.17) is 0 Å². The van der Waals surface area contributed by atoms with Crippen molar-refractivity contribution in [3.8, 4) is 5.75 Å². The number of nitrogens with one attached hydrogen (secondary N) is 1. The van der Waals surface area contributed by atoms with Crippen LogP contribution in [0.15, 0.2) is 65.7 Å². The first kappa shape index (κ1) is 21.9. The molecule has 1 amide bonds. The Kier molecular flexibility index (Phi) is 5.54. The van der Waals surface area contributed by atoms with Gasteiger partial charge in [0.1, 0.15) is 17.3 Å². The summed E-state index contributed by atoms with van der Waals surface area (Å²) in [6, 6.07) is 11.9. The number of fused-ring (bicyclic) bond motifs is 1. The Labute approximate surface area is 183 Å². The van der Waals surface area contributed by atoms with E-state index in [0.29, 0.717) is 6.07 Å². The van der Waals surface area contributed by atoms with Gasteiger partial charge < -0.3 is 10.4 Å². The van der Waals surface area contributed by atoms with E-state index in [9.17, 15) is 32.3 Å². The number of pyridine rings is 1. The third-order valence-corrected chi connectivity index (χ3v) is 4.78. The molecular weight excluding hydrogens is 444 g/mol. The molecule has 2 N–H and O–H groups in total. The van der Waals surface area contributed by atoms with Gasteiger partial charge >= 0.3 is 6.18 Å². The minimum atomic E-state index is -4.97. The second kappa shape index (κ2) is 8.34. The lowest BCUT2D eigenvalue weighted by Gasteiger charge is -2.12. The van der Waals surface area contributed by atoms with Crippen molar-refractivity contribution in [2.45, 2.75) is 12.7 Å². The van der Waals surface area contributed by atoms with E-state index in [2.05, 4.69) is 15.3 Å². The van der Waals surface area contributed by atoms with E-state index in [1.807, 2.05) is 0 Å². The summed E-state index contributed by atoms with van der Waals surface area (Å²) < 4.78 is 54.2. The number of halogens is 4. The number of hydrogen-bond acceptors (Lipinski definition) is 5. The molecule has 2 aromatic carbocycles. The molecule has 0 spiro atoms. The van der Waals surface area contributed by atoms with Crippen molar-refractivity contribution in [2.24, 2.45) is 0 Å². The number of alkyl halides is 3. The maximum Gasteiger partial charge on any atom is 0.437 e. The molecule has 0 bridgehead atoms. The van der Waals surface area contributed by atoms with Crippen LogP contribution in [0.1, 0.15) is 21.7 Å². The quantitative estimate of drug-likeness (QED) is 0.452. The highest BCUT2D eigenvalue weighted by molar-refractivity contribution is 6.07. The number of carbonyl (C=O) groups excluding carboxylic acids is 1. The second-order valence-corrected chi connectivity index (χ2v) is 6.98. The number of aromatic hydroxyl groups is 1. The number of carbonyl (C=O) groups is 1. The van der Waals surface area contributed by atoms with Gasteiger partial charge in [0.2, 0.25) is 0 Å². The number of anilines is 1. The normalized spacial score (nSPS) is 11.5. The number of aromatic nitrogens is 3. The molecule has 2 heterocycles. The monoisotopic (exact) mass is 458 g/mol. The van der Waals surface area contributed by atoms with Crippen LogP contribution >= 0.6 is 0 Å². The van der Waals surface area contributed by atoms with Crippen molar-refractivity contribution in [3.63, 3.8) is 0 Å². The molecule has 33 heavy (non-hydrogen) atoms. The first-order valence-corrected chi connectivity index (χ1v) is 9.45. The molecule has 0 saturated carbocycles. The second-order valence-electron chi connectivity index (χ2n) is 6.98. The van der Waals surface area contributed by atoms with Crippen molar-refractivity contribution in [1.29, 1.82) is 0 Å². The Bertz CT molecular complexity index is 1430. The molecule has 4 aromatic rings. The predicted molar refractivity (Wildman–Crippen MR) is 110 cm³/mol. The van der Waals surface area contributed by atoms with Gasteiger partial charge in [0.15, 0.2) is 5.69 Å².